The van der Waals surface area contributed by atoms with E-state index in [1.54, 1.807) is 0 Å². The Morgan fingerprint density at radius 2 is 2.24 bits per heavy atom. The number of urea groups is 1. The Morgan fingerprint density at radius 1 is 1.48 bits per heavy atom. The second-order valence-electron chi connectivity index (χ2n) is 5.52. The number of rotatable bonds is 2. The van der Waals surface area contributed by atoms with Crippen molar-refractivity contribution in [3.05, 3.63) is 11.8 Å². The van der Waals surface area contributed by atoms with Gasteiger partial charge in [-0.3, -0.25) is 0 Å². The van der Waals surface area contributed by atoms with Crippen LogP contribution in [0.4, 0.5) is 16.3 Å². The topological polar surface area (TPSA) is 70.6 Å². The summed E-state index contributed by atoms with van der Waals surface area (Å²) in [6.45, 7) is 5.81. The fraction of sp³-hybridized carbons (Fsp3) is 0.643. The first kappa shape index (κ1) is 15.5. The minimum Gasteiger partial charge on any atom is -0.379 e. The normalized spacial score (nSPS) is 19.0. The zero-order chi connectivity index (χ0) is 15.4. The molecule has 116 valence electrons. The summed E-state index contributed by atoms with van der Waals surface area (Å²) >= 11 is 0. The van der Waals surface area contributed by atoms with Crippen LogP contribution < -0.4 is 10.2 Å². The third kappa shape index (κ3) is 3.81. The van der Waals surface area contributed by atoms with E-state index in [2.05, 4.69) is 15.5 Å². The molecule has 1 aliphatic heterocycles. The number of hydrogen-bond acceptors (Lipinski definition) is 5. The van der Waals surface area contributed by atoms with Crippen LogP contribution in [0.1, 0.15) is 19.0 Å². The van der Waals surface area contributed by atoms with Crippen molar-refractivity contribution in [1.82, 2.24) is 15.1 Å². The maximum absolute atomic E-state index is 12.5. The summed E-state index contributed by atoms with van der Waals surface area (Å²) in [6.07, 6.45) is 0.853. The van der Waals surface area contributed by atoms with Crippen molar-refractivity contribution in [3.63, 3.8) is 0 Å². The lowest BCUT2D eigenvalue weighted by Gasteiger charge is -2.27. The van der Waals surface area contributed by atoms with E-state index >= 15 is 0 Å². The molecule has 2 amide bonds. The van der Waals surface area contributed by atoms with Gasteiger partial charge in [-0.05, 0) is 26.3 Å². The second-order valence-corrected chi connectivity index (χ2v) is 5.52. The maximum Gasteiger partial charge on any atom is 0.322 e. The molecule has 1 aliphatic rings. The van der Waals surface area contributed by atoms with Gasteiger partial charge in [0.25, 0.3) is 0 Å². The van der Waals surface area contributed by atoms with Gasteiger partial charge in [-0.25, -0.2) is 4.79 Å². The van der Waals surface area contributed by atoms with Crippen molar-refractivity contribution in [3.8, 4) is 0 Å². The lowest BCUT2D eigenvalue weighted by molar-refractivity contribution is 0.116. The van der Waals surface area contributed by atoms with Crippen molar-refractivity contribution < 1.29 is 9.53 Å². The van der Waals surface area contributed by atoms with E-state index in [1.807, 2.05) is 43.8 Å². The predicted octanol–water partition coefficient (Wildman–Crippen LogP) is 1.49. The van der Waals surface area contributed by atoms with Gasteiger partial charge in [0.15, 0.2) is 5.82 Å². The molecule has 21 heavy (non-hydrogen) atoms. The monoisotopic (exact) mass is 293 g/mol. The van der Waals surface area contributed by atoms with Crippen LogP contribution in [0.5, 0.6) is 0 Å². The van der Waals surface area contributed by atoms with Crippen molar-refractivity contribution in [2.24, 2.45) is 0 Å². The van der Waals surface area contributed by atoms with Crippen molar-refractivity contribution in [2.75, 3.05) is 44.1 Å². The molecule has 2 heterocycles. The molecule has 0 aromatic carbocycles. The highest BCUT2D eigenvalue weighted by atomic mass is 16.5. The first-order valence-electron chi connectivity index (χ1n) is 7.16. The van der Waals surface area contributed by atoms with Gasteiger partial charge in [-0.2, -0.15) is 5.10 Å². The highest BCUT2D eigenvalue weighted by molar-refractivity contribution is 5.92. The van der Waals surface area contributed by atoms with Crippen LogP contribution in [0, 0.1) is 6.92 Å². The largest absolute Gasteiger partial charge is 0.379 e. The summed E-state index contributed by atoms with van der Waals surface area (Å²) in [5, 5.41) is 11.1. The Morgan fingerprint density at radius 3 is 2.95 bits per heavy atom. The quantitative estimate of drug-likeness (QED) is 0.894. The highest BCUT2D eigenvalue weighted by Gasteiger charge is 2.23. The highest BCUT2D eigenvalue weighted by Crippen LogP contribution is 2.22. The molecule has 1 N–H and O–H groups in total. The Bertz CT molecular complexity index is 506. The van der Waals surface area contributed by atoms with Gasteiger partial charge in [0.1, 0.15) is 0 Å². The van der Waals surface area contributed by atoms with Crippen LogP contribution in [-0.4, -0.2) is 61.0 Å². The lowest BCUT2D eigenvalue weighted by atomic mass is 10.3. The SMILES string of the molecule is Cc1cc(NC(=O)N2CCCOCC2C)c(N(C)C)nn1. The number of amides is 2. The average Bonchev–Trinajstić information content (AvgIpc) is 2.63. The van der Waals surface area contributed by atoms with Crippen LogP contribution in [0.2, 0.25) is 0 Å². The van der Waals surface area contributed by atoms with Gasteiger partial charge in [-0.1, -0.05) is 0 Å². The lowest BCUT2D eigenvalue weighted by Crippen LogP contribution is -2.43. The van der Waals surface area contributed by atoms with Gasteiger partial charge in [0, 0.05) is 27.2 Å². The minimum absolute atomic E-state index is 0.0613. The standard InChI is InChI=1S/C14H23N5O2/c1-10-8-12(13(17-16-10)18(3)4)15-14(20)19-6-5-7-21-9-11(19)2/h8,11H,5-7,9H2,1-4H3,(H,15,16,20). The Hall–Kier alpha value is -1.89. The Labute approximate surface area is 125 Å². The molecule has 1 unspecified atom stereocenters. The predicted molar refractivity (Wildman–Crippen MR) is 81.7 cm³/mol. The number of nitrogens with one attached hydrogen (secondary N) is 1. The fourth-order valence-electron chi connectivity index (χ4n) is 2.29. The van der Waals surface area contributed by atoms with Crippen LogP contribution in [0.3, 0.4) is 0 Å². The van der Waals surface area contributed by atoms with E-state index in [4.69, 9.17) is 4.74 Å². The van der Waals surface area contributed by atoms with Gasteiger partial charge in [0.05, 0.1) is 24.0 Å². The minimum atomic E-state index is -0.122. The molecule has 7 heteroatoms. The van der Waals surface area contributed by atoms with Crippen LogP contribution in [0.25, 0.3) is 0 Å². The number of hydrogen-bond donors (Lipinski definition) is 1. The van der Waals surface area contributed by atoms with E-state index < -0.39 is 0 Å². The second kappa shape index (κ2) is 6.71. The van der Waals surface area contributed by atoms with Crippen LogP contribution in [-0.2, 0) is 4.74 Å². The Kier molecular flexibility index (Phi) is 4.95. The molecule has 1 aromatic rings. The van der Waals surface area contributed by atoms with Gasteiger partial charge < -0.3 is 19.9 Å². The molecule has 0 radical (unpaired) electrons. The molecule has 2 rings (SSSR count). The van der Waals surface area contributed by atoms with Gasteiger partial charge in [0.2, 0.25) is 0 Å². The Balaban J connectivity index is 2.16. The molecule has 0 saturated carbocycles. The van der Waals surface area contributed by atoms with Crippen LogP contribution >= 0.6 is 0 Å². The van der Waals surface area contributed by atoms with Crippen molar-refractivity contribution in [2.45, 2.75) is 26.3 Å². The molecule has 1 atom stereocenters. The van der Waals surface area contributed by atoms with E-state index in [-0.39, 0.29) is 12.1 Å². The smallest absolute Gasteiger partial charge is 0.322 e. The van der Waals surface area contributed by atoms with Crippen molar-refractivity contribution in [1.29, 1.82) is 0 Å². The molecule has 1 aromatic heterocycles. The van der Waals surface area contributed by atoms with Crippen molar-refractivity contribution >= 4 is 17.5 Å². The zero-order valence-electron chi connectivity index (χ0n) is 13.1. The summed E-state index contributed by atoms with van der Waals surface area (Å²) in [6, 6.07) is 1.77. The van der Waals surface area contributed by atoms with E-state index in [0.29, 0.717) is 31.3 Å². The molecule has 1 fully saturated rings. The molecular formula is C14H23N5O2. The number of carbonyl (C=O) groups excluding carboxylic acids is 1. The number of aryl methyl sites for hydroxylation is 1. The van der Waals surface area contributed by atoms with E-state index in [1.165, 1.54) is 0 Å². The fourth-order valence-corrected chi connectivity index (χ4v) is 2.29. The average molecular weight is 293 g/mol. The molecule has 1 saturated heterocycles. The van der Waals surface area contributed by atoms with Crippen LogP contribution in [0.15, 0.2) is 6.07 Å². The molecule has 0 aliphatic carbocycles. The number of ether oxygens (including phenoxy) is 1. The maximum atomic E-state index is 12.5. The number of aromatic nitrogens is 2. The molecule has 7 nitrogen and oxygen atoms in total. The first-order valence-corrected chi connectivity index (χ1v) is 7.16. The molecular weight excluding hydrogens is 270 g/mol. The number of nitrogens with zero attached hydrogens (tertiary/aromatic N) is 4. The zero-order valence-corrected chi connectivity index (χ0v) is 13.1. The van der Waals surface area contributed by atoms with E-state index in [9.17, 15) is 4.79 Å². The molecule has 0 bridgehead atoms. The summed E-state index contributed by atoms with van der Waals surface area (Å²) in [4.78, 5) is 16.1. The summed E-state index contributed by atoms with van der Waals surface area (Å²) in [7, 11) is 3.74. The third-order valence-corrected chi connectivity index (χ3v) is 3.40. The van der Waals surface area contributed by atoms with E-state index in [0.717, 1.165) is 12.1 Å². The summed E-state index contributed by atoms with van der Waals surface area (Å²) < 4.78 is 5.47. The third-order valence-electron chi connectivity index (χ3n) is 3.40. The van der Waals surface area contributed by atoms with Gasteiger partial charge >= 0.3 is 6.03 Å². The first-order chi connectivity index (χ1) is 9.99. The summed E-state index contributed by atoms with van der Waals surface area (Å²) in [5.41, 5.74) is 1.44. The number of anilines is 2. The van der Waals surface area contributed by atoms with Gasteiger partial charge in [-0.15, -0.1) is 5.10 Å². The number of carbonyl (C=O) groups is 1. The molecule has 0 spiro atoms. The summed E-state index contributed by atoms with van der Waals surface area (Å²) in [5.74, 6) is 0.646.